The number of hydrogen-bond donors (Lipinski definition) is 1. The minimum absolute atomic E-state index is 0.0410. The third-order valence-electron chi connectivity index (χ3n) is 2.58. The minimum Gasteiger partial charge on any atom is -0.494 e. The van der Waals surface area contributed by atoms with Crippen molar-refractivity contribution in [3.63, 3.8) is 0 Å². The summed E-state index contributed by atoms with van der Waals surface area (Å²) in [5, 5.41) is 1.82. The molecular weight excluding hydrogens is 253 g/mol. The van der Waals surface area contributed by atoms with E-state index >= 15 is 0 Å². The molecule has 1 unspecified atom stereocenters. The van der Waals surface area contributed by atoms with Crippen molar-refractivity contribution >= 4 is 17.1 Å². The van der Waals surface area contributed by atoms with Gasteiger partial charge in [-0.15, -0.1) is 11.3 Å². The highest BCUT2D eigenvalue weighted by molar-refractivity contribution is 7.10. The van der Waals surface area contributed by atoms with Gasteiger partial charge in [0.05, 0.1) is 12.7 Å². The number of ketones is 1. The first-order valence-electron chi connectivity index (χ1n) is 5.31. The summed E-state index contributed by atoms with van der Waals surface area (Å²) in [6.07, 6.45) is 0. The topological polar surface area (TPSA) is 52.3 Å². The van der Waals surface area contributed by atoms with E-state index in [1.165, 1.54) is 30.6 Å². The third-order valence-corrected chi connectivity index (χ3v) is 3.54. The van der Waals surface area contributed by atoms with Gasteiger partial charge in [-0.1, -0.05) is 12.1 Å². The van der Waals surface area contributed by atoms with Crippen LogP contribution in [0.2, 0.25) is 0 Å². The summed E-state index contributed by atoms with van der Waals surface area (Å²) >= 11 is 1.37. The number of benzene rings is 1. The van der Waals surface area contributed by atoms with Crippen LogP contribution in [0.4, 0.5) is 4.39 Å². The lowest BCUT2D eigenvalue weighted by Gasteiger charge is -2.11. The molecule has 2 rings (SSSR count). The summed E-state index contributed by atoms with van der Waals surface area (Å²) in [4.78, 5) is 12.8. The second kappa shape index (κ2) is 5.29. The second-order valence-corrected chi connectivity index (χ2v) is 4.66. The molecule has 2 N–H and O–H groups in total. The Kier molecular flexibility index (Phi) is 3.74. The number of ether oxygens (including phenoxy) is 1. The van der Waals surface area contributed by atoms with Crippen molar-refractivity contribution in [2.24, 2.45) is 5.73 Å². The van der Waals surface area contributed by atoms with Crippen molar-refractivity contribution < 1.29 is 13.9 Å². The molecule has 18 heavy (non-hydrogen) atoms. The zero-order valence-corrected chi connectivity index (χ0v) is 10.5. The molecule has 0 bridgehead atoms. The predicted octanol–water partition coefficient (Wildman–Crippen LogP) is 2.78. The molecule has 0 radical (unpaired) electrons. The van der Waals surface area contributed by atoms with Gasteiger partial charge in [-0.05, 0) is 23.6 Å². The highest BCUT2D eigenvalue weighted by Crippen LogP contribution is 2.25. The number of hydrogen-bond acceptors (Lipinski definition) is 4. The number of Topliss-reactive ketones (excluding diaryl/α,β-unsaturated/α-hetero) is 1. The van der Waals surface area contributed by atoms with Gasteiger partial charge in [0, 0.05) is 4.88 Å². The van der Waals surface area contributed by atoms with Gasteiger partial charge in [0.15, 0.2) is 17.3 Å². The summed E-state index contributed by atoms with van der Waals surface area (Å²) in [6.45, 7) is 0. The number of nitrogens with two attached hydrogens (primary N) is 1. The standard InChI is InChI=1S/C13H12FNO2S/c1-17-9-5-2-4-8(11(9)14)13(16)12(15)10-6-3-7-18-10/h2-7,12H,15H2,1H3. The molecule has 1 aromatic heterocycles. The van der Waals surface area contributed by atoms with E-state index < -0.39 is 17.6 Å². The van der Waals surface area contributed by atoms with E-state index in [0.717, 1.165) is 0 Å². The quantitative estimate of drug-likeness (QED) is 0.865. The molecule has 0 aliphatic heterocycles. The van der Waals surface area contributed by atoms with Crippen LogP contribution < -0.4 is 10.5 Å². The fourth-order valence-electron chi connectivity index (χ4n) is 1.62. The van der Waals surface area contributed by atoms with Gasteiger partial charge in [0.2, 0.25) is 0 Å². The van der Waals surface area contributed by atoms with Crippen molar-refractivity contribution in [3.8, 4) is 5.75 Å². The van der Waals surface area contributed by atoms with Gasteiger partial charge in [-0.25, -0.2) is 4.39 Å². The lowest BCUT2D eigenvalue weighted by atomic mass is 10.0. The zero-order valence-electron chi connectivity index (χ0n) is 9.72. The number of thiophene rings is 1. The van der Waals surface area contributed by atoms with Crippen LogP contribution in [0.1, 0.15) is 21.3 Å². The molecule has 0 fully saturated rings. The molecule has 5 heteroatoms. The SMILES string of the molecule is COc1cccc(C(=O)C(N)c2cccs2)c1F. The van der Waals surface area contributed by atoms with Crippen LogP contribution in [0.5, 0.6) is 5.75 Å². The van der Waals surface area contributed by atoms with E-state index in [-0.39, 0.29) is 11.3 Å². The van der Waals surface area contributed by atoms with E-state index in [0.29, 0.717) is 4.88 Å². The molecule has 0 aliphatic carbocycles. The number of carbonyl (C=O) groups excluding carboxylic acids is 1. The number of rotatable bonds is 4. The summed E-state index contributed by atoms with van der Waals surface area (Å²) in [7, 11) is 1.35. The van der Waals surface area contributed by atoms with Gasteiger partial charge < -0.3 is 10.5 Å². The van der Waals surface area contributed by atoms with E-state index in [2.05, 4.69) is 0 Å². The Bertz CT molecular complexity index is 554. The molecule has 3 nitrogen and oxygen atoms in total. The van der Waals surface area contributed by atoms with Gasteiger partial charge in [-0.2, -0.15) is 0 Å². The molecule has 1 aromatic carbocycles. The first-order chi connectivity index (χ1) is 8.65. The summed E-state index contributed by atoms with van der Waals surface area (Å²) < 4.78 is 18.8. The zero-order chi connectivity index (χ0) is 13.1. The molecule has 0 spiro atoms. The van der Waals surface area contributed by atoms with Crippen LogP contribution in [0, 0.1) is 5.82 Å². The highest BCUT2D eigenvalue weighted by Gasteiger charge is 2.23. The normalized spacial score (nSPS) is 12.2. The first-order valence-corrected chi connectivity index (χ1v) is 6.19. The van der Waals surface area contributed by atoms with Gasteiger partial charge in [-0.3, -0.25) is 4.79 Å². The van der Waals surface area contributed by atoms with Crippen molar-refractivity contribution in [2.75, 3.05) is 7.11 Å². The van der Waals surface area contributed by atoms with E-state index in [4.69, 9.17) is 10.5 Å². The maximum Gasteiger partial charge on any atom is 0.187 e. The summed E-state index contributed by atoms with van der Waals surface area (Å²) in [5.41, 5.74) is 5.78. The van der Waals surface area contributed by atoms with E-state index in [1.807, 2.05) is 5.38 Å². The predicted molar refractivity (Wildman–Crippen MR) is 68.5 cm³/mol. The first kappa shape index (κ1) is 12.7. The number of halogens is 1. The van der Waals surface area contributed by atoms with Gasteiger partial charge >= 0.3 is 0 Å². The highest BCUT2D eigenvalue weighted by atomic mass is 32.1. The largest absolute Gasteiger partial charge is 0.494 e. The average molecular weight is 265 g/mol. The second-order valence-electron chi connectivity index (χ2n) is 3.68. The molecule has 1 atom stereocenters. The maximum absolute atomic E-state index is 13.9. The monoisotopic (exact) mass is 265 g/mol. The fraction of sp³-hybridized carbons (Fsp3) is 0.154. The Hall–Kier alpha value is -1.72. The van der Waals surface area contributed by atoms with Crippen molar-refractivity contribution in [1.82, 2.24) is 0 Å². The Morgan fingerprint density at radius 2 is 2.17 bits per heavy atom. The molecule has 2 aromatic rings. The molecule has 94 valence electrons. The van der Waals surface area contributed by atoms with Crippen molar-refractivity contribution in [2.45, 2.75) is 6.04 Å². The lowest BCUT2D eigenvalue weighted by Crippen LogP contribution is -2.21. The Morgan fingerprint density at radius 3 is 2.78 bits per heavy atom. The van der Waals surface area contributed by atoms with Crippen LogP contribution >= 0.6 is 11.3 Å². The lowest BCUT2D eigenvalue weighted by molar-refractivity contribution is 0.0958. The van der Waals surface area contributed by atoms with Gasteiger partial charge in [0.1, 0.15) is 6.04 Å². The van der Waals surface area contributed by atoms with Crippen molar-refractivity contribution in [1.29, 1.82) is 0 Å². The molecule has 0 amide bonds. The van der Waals surface area contributed by atoms with Crippen LogP contribution in [0.15, 0.2) is 35.7 Å². The number of methoxy groups -OCH3 is 1. The number of carbonyl (C=O) groups is 1. The Balaban J connectivity index is 2.35. The molecular formula is C13H12FNO2S. The molecule has 0 aliphatic rings. The van der Waals surface area contributed by atoms with E-state index in [9.17, 15) is 9.18 Å². The average Bonchev–Trinajstić information content (AvgIpc) is 2.91. The summed E-state index contributed by atoms with van der Waals surface area (Å²) in [6, 6.07) is 7.15. The third kappa shape index (κ3) is 2.27. The molecule has 0 saturated carbocycles. The Labute approximate surface area is 108 Å². The molecule has 0 saturated heterocycles. The van der Waals surface area contributed by atoms with Crippen LogP contribution in [0.3, 0.4) is 0 Å². The smallest absolute Gasteiger partial charge is 0.187 e. The maximum atomic E-state index is 13.9. The Morgan fingerprint density at radius 1 is 1.39 bits per heavy atom. The van der Waals surface area contributed by atoms with Gasteiger partial charge in [0.25, 0.3) is 0 Å². The van der Waals surface area contributed by atoms with Crippen molar-refractivity contribution in [3.05, 3.63) is 52.0 Å². The molecule has 1 heterocycles. The summed E-state index contributed by atoms with van der Waals surface area (Å²) in [5.74, 6) is -1.08. The van der Waals surface area contributed by atoms with E-state index in [1.54, 1.807) is 18.2 Å². The van der Waals surface area contributed by atoms with Crippen LogP contribution in [-0.2, 0) is 0 Å². The minimum atomic E-state index is -0.841. The van der Waals surface area contributed by atoms with Crippen LogP contribution in [0.25, 0.3) is 0 Å². The van der Waals surface area contributed by atoms with Crippen LogP contribution in [-0.4, -0.2) is 12.9 Å². The fourth-order valence-corrected chi connectivity index (χ4v) is 2.35.